The van der Waals surface area contributed by atoms with Gasteiger partial charge in [0.1, 0.15) is 0 Å². The van der Waals surface area contributed by atoms with E-state index in [4.69, 9.17) is 23.2 Å². The van der Waals surface area contributed by atoms with Gasteiger partial charge in [-0.15, -0.1) is 0 Å². The van der Waals surface area contributed by atoms with E-state index in [9.17, 15) is 9.59 Å². The minimum absolute atomic E-state index is 0.0755. The number of hydrogen-bond donors (Lipinski definition) is 1. The van der Waals surface area contributed by atoms with Gasteiger partial charge in [0.05, 0.1) is 21.8 Å². The fourth-order valence-electron chi connectivity index (χ4n) is 2.99. The first kappa shape index (κ1) is 17.0. The molecule has 1 aromatic heterocycles. The number of hydrogen-bond acceptors (Lipinski definition) is 3. The van der Waals surface area contributed by atoms with Crippen LogP contribution in [-0.4, -0.2) is 27.3 Å². The van der Waals surface area contributed by atoms with Crippen LogP contribution in [0.25, 0.3) is 0 Å². The number of aromatic nitrogens is 2. The standard InChI is InChI=1S/C17H17Cl2N3O2/c1-8-9(2)21-16(23)15(20-8)17(24)22-5-4-11-6-13(18)14(19)7-12(11)10(22)3/h6-7,10H,4-5H2,1-3H3,(H,21,23). The second-order valence-electron chi connectivity index (χ2n) is 6.01. The Labute approximate surface area is 149 Å². The van der Waals surface area contributed by atoms with Crippen molar-refractivity contribution in [2.24, 2.45) is 0 Å². The van der Waals surface area contributed by atoms with Crippen LogP contribution in [0.15, 0.2) is 16.9 Å². The molecule has 0 fully saturated rings. The van der Waals surface area contributed by atoms with Crippen molar-refractivity contribution in [2.45, 2.75) is 33.2 Å². The average molecular weight is 366 g/mol. The van der Waals surface area contributed by atoms with Crippen molar-refractivity contribution in [3.8, 4) is 0 Å². The predicted octanol–water partition coefficient (Wildman–Crippen LogP) is 3.45. The summed E-state index contributed by atoms with van der Waals surface area (Å²) in [6.07, 6.45) is 0.658. The van der Waals surface area contributed by atoms with E-state index >= 15 is 0 Å². The van der Waals surface area contributed by atoms with Gasteiger partial charge in [0.25, 0.3) is 11.5 Å². The van der Waals surface area contributed by atoms with Gasteiger partial charge >= 0.3 is 0 Å². The molecular weight excluding hydrogens is 349 g/mol. The van der Waals surface area contributed by atoms with E-state index < -0.39 is 5.56 Å². The van der Waals surface area contributed by atoms with Gasteiger partial charge in [0.15, 0.2) is 5.69 Å². The Bertz CT molecular complexity index is 892. The molecule has 1 aliphatic rings. The van der Waals surface area contributed by atoms with Gasteiger partial charge < -0.3 is 9.88 Å². The molecule has 1 aromatic carbocycles. The van der Waals surface area contributed by atoms with E-state index in [2.05, 4.69) is 9.97 Å². The molecule has 2 aromatic rings. The number of nitrogens with one attached hydrogen (secondary N) is 1. The Morgan fingerprint density at radius 2 is 1.96 bits per heavy atom. The zero-order valence-corrected chi connectivity index (χ0v) is 15.1. The molecule has 3 rings (SSSR count). The first-order chi connectivity index (χ1) is 11.3. The molecule has 0 saturated heterocycles. The average Bonchev–Trinajstić information content (AvgIpc) is 2.53. The fraction of sp³-hybridized carbons (Fsp3) is 0.353. The first-order valence-corrected chi connectivity index (χ1v) is 8.41. The summed E-state index contributed by atoms with van der Waals surface area (Å²) >= 11 is 12.2. The molecule has 0 radical (unpaired) electrons. The van der Waals surface area contributed by atoms with Crippen LogP contribution in [0.3, 0.4) is 0 Å². The number of aromatic amines is 1. The molecule has 2 heterocycles. The fourth-order valence-corrected chi connectivity index (χ4v) is 3.35. The summed E-state index contributed by atoms with van der Waals surface area (Å²) in [5, 5.41) is 0.966. The van der Waals surface area contributed by atoms with Crippen LogP contribution in [0.1, 0.15) is 46.0 Å². The highest BCUT2D eigenvalue weighted by Crippen LogP contribution is 2.35. The summed E-state index contributed by atoms with van der Waals surface area (Å²) in [5.74, 6) is -0.372. The lowest BCUT2D eigenvalue weighted by Gasteiger charge is -2.35. The summed E-state index contributed by atoms with van der Waals surface area (Å²) in [6, 6.07) is 3.43. The molecule has 126 valence electrons. The highest BCUT2D eigenvalue weighted by molar-refractivity contribution is 6.42. The van der Waals surface area contributed by atoms with Crippen LogP contribution in [0.5, 0.6) is 0 Å². The molecule has 24 heavy (non-hydrogen) atoms. The number of amides is 1. The minimum Gasteiger partial charge on any atom is -0.330 e. The second kappa shape index (κ2) is 6.22. The normalized spacial score (nSPS) is 16.9. The number of benzene rings is 1. The van der Waals surface area contributed by atoms with Crippen LogP contribution < -0.4 is 5.56 Å². The maximum atomic E-state index is 12.8. The van der Waals surface area contributed by atoms with E-state index in [-0.39, 0.29) is 17.6 Å². The van der Waals surface area contributed by atoms with Crippen molar-refractivity contribution >= 4 is 29.1 Å². The van der Waals surface area contributed by atoms with Gasteiger partial charge in [-0.1, -0.05) is 23.2 Å². The predicted molar refractivity (Wildman–Crippen MR) is 93.9 cm³/mol. The molecule has 7 heteroatoms. The number of carbonyl (C=O) groups is 1. The number of carbonyl (C=O) groups excluding carboxylic acids is 1. The molecule has 0 saturated carbocycles. The van der Waals surface area contributed by atoms with Gasteiger partial charge in [-0.3, -0.25) is 9.59 Å². The number of rotatable bonds is 1. The number of nitrogens with zero attached hydrogens (tertiary/aromatic N) is 2. The van der Waals surface area contributed by atoms with E-state index in [0.717, 1.165) is 11.1 Å². The summed E-state index contributed by atoms with van der Waals surface area (Å²) in [6.45, 7) is 5.93. The zero-order valence-electron chi connectivity index (χ0n) is 13.6. The highest BCUT2D eigenvalue weighted by Gasteiger charge is 2.31. The van der Waals surface area contributed by atoms with Crippen molar-refractivity contribution in [1.82, 2.24) is 14.9 Å². The van der Waals surface area contributed by atoms with Crippen LogP contribution in [0.2, 0.25) is 10.0 Å². The van der Waals surface area contributed by atoms with Gasteiger partial charge in [-0.05, 0) is 50.5 Å². The van der Waals surface area contributed by atoms with Crippen molar-refractivity contribution in [3.63, 3.8) is 0 Å². The third-order valence-electron chi connectivity index (χ3n) is 4.52. The summed E-state index contributed by atoms with van der Waals surface area (Å²) in [5.41, 5.74) is 2.78. The van der Waals surface area contributed by atoms with Crippen molar-refractivity contribution in [1.29, 1.82) is 0 Å². The number of fused-ring (bicyclic) bond motifs is 1. The van der Waals surface area contributed by atoms with Crippen LogP contribution in [0, 0.1) is 13.8 Å². The number of H-pyrrole nitrogens is 1. The largest absolute Gasteiger partial charge is 0.330 e. The first-order valence-electron chi connectivity index (χ1n) is 7.66. The van der Waals surface area contributed by atoms with Crippen molar-refractivity contribution < 1.29 is 4.79 Å². The van der Waals surface area contributed by atoms with Crippen molar-refractivity contribution in [2.75, 3.05) is 6.54 Å². The Morgan fingerprint density at radius 1 is 1.29 bits per heavy atom. The third kappa shape index (κ3) is 2.82. The molecular formula is C17H17Cl2N3O2. The second-order valence-corrected chi connectivity index (χ2v) is 6.83. The summed E-state index contributed by atoms with van der Waals surface area (Å²) < 4.78 is 0. The highest BCUT2D eigenvalue weighted by atomic mass is 35.5. The van der Waals surface area contributed by atoms with Crippen LogP contribution in [-0.2, 0) is 6.42 Å². The molecule has 1 aliphatic heterocycles. The van der Waals surface area contributed by atoms with Crippen LogP contribution in [0.4, 0.5) is 0 Å². The smallest absolute Gasteiger partial charge is 0.279 e. The summed E-state index contributed by atoms with van der Waals surface area (Å²) in [7, 11) is 0. The molecule has 1 atom stereocenters. The zero-order chi connectivity index (χ0) is 17.6. The third-order valence-corrected chi connectivity index (χ3v) is 5.25. The van der Waals surface area contributed by atoms with Gasteiger partial charge in [-0.2, -0.15) is 0 Å². The molecule has 1 N–H and O–H groups in total. The summed E-state index contributed by atoms with van der Waals surface area (Å²) in [4.78, 5) is 33.5. The molecule has 0 bridgehead atoms. The Hall–Kier alpha value is -1.85. The van der Waals surface area contributed by atoms with E-state index in [1.165, 1.54) is 0 Å². The van der Waals surface area contributed by atoms with Crippen LogP contribution >= 0.6 is 23.2 Å². The van der Waals surface area contributed by atoms with E-state index in [1.807, 2.05) is 13.0 Å². The lowest BCUT2D eigenvalue weighted by molar-refractivity contribution is 0.0669. The Balaban J connectivity index is 1.99. The number of halogens is 2. The minimum atomic E-state index is -0.463. The monoisotopic (exact) mass is 365 g/mol. The molecule has 0 aliphatic carbocycles. The Kier molecular flexibility index (Phi) is 4.40. The van der Waals surface area contributed by atoms with E-state index in [1.54, 1.807) is 24.8 Å². The lowest BCUT2D eigenvalue weighted by atomic mass is 9.93. The maximum absolute atomic E-state index is 12.8. The topological polar surface area (TPSA) is 66.1 Å². The lowest BCUT2D eigenvalue weighted by Crippen LogP contribution is -2.41. The van der Waals surface area contributed by atoms with Gasteiger partial charge in [-0.25, -0.2) is 4.98 Å². The molecule has 1 unspecified atom stereocenters. The quantitative estimate of drug-likeness (QED) is 0.841. The van der Waals surface area contributed by atoms with Crippen molar-refractivity contribution in [3.05, 3.63) is 60.7 Å². The maximum Gasteiger partial charge on any atom is 0.279 e. The number of aryl methyl sites for hydroxylation is 2. The SMILES string of the molecule is Cc1nc(C(=O)N2CCc3cc(Cl)c(Cl)cc3C2C)c(=O)[nH]c1C. The van der Waals surface area contributed by atoms with Gasteiger partial charge in [0, 0.05) is 12.2 Å². The molecule has 0 spiro atoms. The Morgan fingerprint density at radius 3 is 2.67 bits per heavy atom. The van der Waals surface area contributed by atoms with E-state index in [0.29, 0.717) is 34.4 Å². The molecule has 5 nitrogen and oxygen atoms in total. The van der Waals surface area contributed by atoms with Gasteiger partial charge in [0.2, 0.25) is 0 Å². The molecule has 1 amide bonds.